The van der Waals surface area contributed by atoms with Crippen molar-refractivity contribution in [3.05, 3.63) is 141 Å². The quantitative estimate of drug-likeness (QED) is 0.156. The number of fused-ring (bicyclic) bond motifs is 1. The molecule has 5 nitrogen and oxygen atoms in total. The SMILES string of the molecule is CCOC(=CC=C1SC(C=C2SC(c3ccccc3)=C(c3ccccc3)N2CC)N(CC)C1=O)C=C1Sc2ccc(C)cc2N1CC. The van der Waals surface area contributed by atoms with E-state index in [2.05, 4.69) is 129 Å². The van der Waals surface area contributed by atoms with Gasteiger partial charge in [-0.2, -0.15) is 0 Å². The number of rotatable bonds is 10. The van der Waals surface area contributed by atoms with Gasteiger partial charge in [0.2, 0.25) is 0 Å². The monoisotopic (exact) mass is 679 g/mol. The van der Waals surface area contributed by atoms with Gasteiger partial charge in [0.1, 0.15) is 11.1 Å². The molecular weight excluding hydrogens is 639 g/mol. The van der Waals surface area contributed by atoms with E-state index < -0.39 is 0 Å². The minimum atomic E-state index is -0.108. The van der Waals surface area contributed by atoms with Crippen molar-refractivity contribution in [2.75, 3.05) is 31.1 Å². The fourth-order valence-corrected chi connectivity index (χ4v) is 9.70. The van der Waals surface area contributed by atoms with Gasteiger partial charge in [-0.25, -0.2) is 0 Å². The number of benzene rings is 3. The van der Waals surface area contributed by atoms with Crippen molar-refractivity contribution in [2.45, 2.75) is 44.9 Å². The molecular formula is C39H41N3O2S3. The van der Waals surface area contributed by atoms with Gasteiger partial charge in [0.25, 0.3) is 5.91 Å². The first-order chi connectivity index (χ1) is 22.9. The van der Waals surface area contributed by atoms with E-state index in [4.69, 9.17) is 4.74 Å². The van der Waals surface area contributed by atoms with Crippen LogP contribution in [0.4, 0.5) is 5.69 Å². The summed E-state index contributed by atoms with van der Waals surface area (Å²) >= 11 is 5.16. The largest absolute Gasteiger partial charge is 0.494 e. The van der Waals surface area contributed by atoms with Crippen molar-refractivity contribution in [1.82, 2.24) is 9.80 Å². The number of aryl methyl sites for hydroxylation is 1. The Labute approximate surface area is 292 Å². The van der Waals surface area contributed by atoms with Gasteiger partial charge < -0.3 is 19.4 Å². The summed E-state index contributed by atoms with van der Waals surface area (Å²) in [5.74, 6) is 0.800. The van der Waals surface area contributed by atoms with Crippen molar-refractivity contribution in [1.29, 1.82) is 0 Å². The number of allylic oxidation sites excluding steroid dienone is 3. The molecule has 3 aromatic carbocycles. The van der Waals surface area contributed by atoms with Gasteiger partial charge >= 0.3 is 0 Å². The third kappa shape index (κ3) is 6.96. The summed E-state index contributed by atoms with van der Waals surface area (Å²) in [6, 6.07) is 27.8. The third-order valence-corrected chi connectivity index (χ3v) is 11.7. The van der Waals surface area contributed by atoms with E-state index in [-0.39, 0.29) is 11.3 Å². The lowest BCUT2D eigenvalue weighted by atomic mass is 10.1. The Hall–Kier alpha value is -3.72. The Kier molecular flexibility index (Phi) is 10.6. The van der Waals surface area contributed by atoms with Crippen LogP contribution in [-0.4, -0.2) is 47.3 Å². The second-order valence-electron chi connectivity index (χ2n) is 11.2. The molecule has 0 saturated carbocycles. The highest BCUT2D eigenvalue weighted by Crippen LogP contribution is 2.52. The number of ether oxygens (including phenoxy) is 1. The standard InChI is InChI=1S/C39H41N3O2S3/c1-6-40-31-24-27(5)20-22-32(31)45-34(40)25-30(44-9-4)21-23-33-39(43)42(8-3)36(46-33)26-35-41(7-2)37(28-16-12-10-13-17-28)38(47-35)29-18-14-11-15-19-29/h10-26,36H,6-9H2,1-5H3. The number of anilines is 1. The van der Waals surface area contributed by atoms with Crippen LogP contribution in [0, 0.1) is 6.92 Å². The first-order valence-corrected chi connectivity index (χ1v) is 18.8. The van der Waals surface area contributed by atoms with E-state index in [9.17, 15) is 4.79 Å². The van der Waals surface area contributed by atoms with Gasteiger partial charge in [-0.1, -0.05) is 102 Å². The van der Waals surface area contributed by atoms with Crippen LogP contribution in [0.5, 0.6) is 0 Å². The molecule has 1 unspecified atom stereocenters. The third-order valence-electron chi connectivity index (χ3n) is 8.19. The fourth-order valence-electron chi connectivity index (χ4n) is 5.96. The van der Waals surface area contributed by atoms with E-state index in [1.165, 1.54) is 37.9 Å². The molecule has 0 aliphatic carbocycles. The Morgan fingerprint density at radius 2 is 1.53 bits per heavy atom. The number of amides is 1. The summed E-state index contributed by atoms with van der Waals surface area (Å²) in [5, 5.41) is 2.17. The summed E-state index contributed by atoms with van der Waals surface area (Å²) < 4.78 is 6.08. The van der Waals surface area contributed by atoms with Crippen LogP contribution < -0.4 is 4.90 Å². The zero-order chi connectivity index (χ0) is 32.9. The topological polar surface area (TPSA) is 36.0 Å². The first-order valence-electron chi connectivity index (χ1n) is 16.3. The number of carbonyl (C=O) groups excluding carboxylic acids is 1. The summed E-state index contributed by atoms with van der Waals surface area (Å²) in [6.45, 7) is 13.4. The minimum Gasteiger partial charge on any atom is -0.494 e. The van der Waals surface area contributed by atoms with Crippen LogP contribution in [0.1, 0.15) is 44.4 Å². The smallest absolute Gasteiger partial charge is 0.261 e. The maximum Gasteiger partial charge on any atom is 0.261 e. The van der Waals surface area contributed by atoms with Gasteiger partial charge in [0, 0.05) is 35.5 Å². The Balaban J connectivity index is 1.29. The van der Waals surface area contributed by atoms with Crippen molar-refractivity contribution >= 4 is 57.5 Å². The molecule has 0 radical (unpaired) electrons. The minimum absolute atomic E-state index is 0.0537. The predicted molar refractivity (Wildman–Crippen MR) is 202 cm³/mol. The molecule has 1 atom stereocenters. The summed E-state index contributed by atoms with van der Waals surface area (Å²) in [7, 11) is 0. The summed E-state index contributed by atoms with van der Waals surface area (Å²) in [5.41, 5.74) is 6.08. The number of nitrogens with zero attached hydrogens (tertiary/aromatic N) is 3. The highest BCUT2D eigenvalue weighted by atomic mass is 32.2. The molecule has 0 spiro atoms. The number of hydrogen-bond donors (Lipinski definition) is 0. The molecule has 3 aliphatic heterocycles. The highest BCUT2D eigenvalue weighted by molar-refractivity contribution is 8.12. The highest BCUT2D eigenvalue weighted by Gasteiger charge is 2.36. The molecule has 47 heavy (non-hydrogen) atoms. The van der Waals surface area contributed by atoms with Gasteiger partial charge in [0.15, 0.2) is 0 Å². The zero-order valence-corrected chi connectivity index (χ0v) is 30.1. The zero-order valence-electron chi connectivity index (χ0n) is 27.6. The molecule has 6 rings (SSSR count). The predicted octanol–water partition coefficient (Wildman–Crippen LogP) is 9.93. The lowest BCUT2D eigenvalue weighted by molar-refractivity contribution is -0.125. The summed E-state index contributed by atoms with van der Waals surface area (Å²) in [6.07, 6.45) is 8.25. The van der Waals surface area contributed by atoms with Crippen molar-refractivity contribution < 1.29 is 9.53 Å². The van der Waals surface area contributed by atoms with Crippen LogP contribution in [-0.2, 0) is 9.53 Å². The second kappa shape index (κ2) is 15.0. The molecule has 0 N–H and O–H groups in total. The average Bonchev–Trinajstić information content (AvgIpc) is 3.73. The molecule has 242 valence electrons. The lowest BCUT2D eigenvalue weighted by Gasteiger charge is -2.24. The van der Waals surface area contributed by atoms with Gasteiger partial charge in [-0.3, -0.25) is 4.79 Å². The van der Waals surface area contributed by atoms with Crippen molar-refractivity contribution in [3.63, 3.8) is 0 Å². The lowest BCUT2D eigenvalue weighted by Crippen LogP contribution is -2.31. The van der Waals surface area contributed by atoms with Crippen LogP contribution in [0.3, 0.4) is 0 Å². The molecule has 3 aliphatic rings. The molecule has 1 saturated heterocycles. The molecule has 8 heteroatoms. The van der Waals surface area contributed by atoms with Crippen LogP contribution in [0.25, 0.3) is 10.6 Å². The van der Waals surface area contributed by atoms with E-state index in [1.54, 1.807) is 35.3 Å². The van der Waals surface area contributed by atoms with Crippen LogP contribution in [0.15, 0.2) is 129 Å². The Morgan fingerprint density at radius 1 is 0.830 bits per heavy atom. The summed E-state index contributed by atoms with van der Waals surface area (Å²) in [4.78, 5) is 23.6. The normalized spacial score (nSPS) is 20.8. The van der Waals surface area contributed by atoms with E-state index in [0.29, 0.717) is 13.2 Å². The number of hydrogen-bond acceptors (Lipinski definition) is 7. The number of carbonyl (C=O) groups is 1. The van der Waals surface area contributed by atoms with Crippen molar-refractivity contribution in [2.24, 2.45) is 0 Å². The van der Waals surface area contributed by atoms with E-state index >= 15 is 0 Å². The van der Waals surface area contributed by atoms with Crippen LogP contribution in [0.2, 0.25) is 0 Å². The Morgan fingerprint density at radius 3 is 2.19 bits per heavy atom. The molecule has 0 bridgehead atoms. The fraction of sp³-hybridized carbons (Fsp3) is 0.256. The van der Waals surface area contributed by atoms with E-state index in [1.807, 2.05) is 24.0 Å². The molecule has 3 heterocycles. The number of thioether (sulfide) groups is 3. The van der Waals surface area contributed by atoms with Gasteiger partial charge in [-0.05, 0) is 81.7 Å². The van der Waals surface area contributed by atoms with Crippen LogP contribution >= 0.6 is 35.3 Å². The Bertz CT molecular complexity index is 1780. The maximum absolute atomic E-state index is 13.7. The van der Waals surface area contributed by atoms with E-state index in [0.717, 1.165) is 33.8 Å². The molecule has 0 aromatic heterocycles. The molecule has 3 aromatic rings. The van der Waals surface area contributed by atoms with Gasteiger partial charge in [-0.15, -0.1) is 0 Å². The molecule has 1 fully saturated rings. The van der Waals surface area contributed by atoms with Crippen molar-refractivity contribution in [3.8, 4) is 0 Å². The first kappa shape index (κ1) is 33.2. The average molecular weight is 680 g/mol. The van der Waals surface area contributed by atoms with Gasteiger partial charge in [0.05, 0.1) is 33.0 Å². The molecule has 1 amide bonds. The second-order valence-corrected chi connectivity index (χ2v) is 14.4. The maximum atomic E-state index is 13.7. The number of likely N-dealkylation sites (N-methyl/N-ethyl adjacent to an activating group) is 1.